The maximum atomic E-state index is 9.14. The normalized spacial score (nSPS) is 16.4. The van der Waals surface area contributed by atoms with Crippen LogP contribution in [0.2, 0.25) is 4.34 Å². The van der Waals surface area contributed by atoms with E-state index in [0.29, 0.717) is 4.34 Å². The Bertz CT molecular complexity index is 236. The first-order chi connectivity index (χ1) is 5.13. The first-order valence-electron chi connectivity index (χ1n) is 3.29. The molecule has 0 aliphatic heterocycles. The van der Waals surface area contributed by atoms with E-state index in [2.05, 4.69) is 0 Å². The minimum atomic E-state index is -0.554. The van der Waals surface area contributed by atoms with Crippen LogP contribution >= 0.6 is 22.9 Å². The number of nitrogens with two attached hydrogens (primary N) is 1. The van der Waals surface area contributed by atoms with E-state index in [0.717, 1.165) is 5.56 Å². The number of aliphatic hydroxyl groups is 1. The van der Waals surface area contributed by atoms with Gasteiger partial charge >= 0.3 is 0 Å². The zero-order valence-corrected chi connectivity index (χ0v) is 7.69. The van der Waals surface area contributed by atoms with Crippen molar-refractivity contribution in [2.75, 3.05) is 0 Å². The standard InChI is InChI=1S/C7H10ClNOS/c1-4(10)6(9)5-2-3-11-7(5)8/h2-4,6,10H,9H2,1H3. The van der Waals surface area contributed by atoms with Gasteiger partial charge in [0.15, 0.2) is 0 Å². The van der Waals surface area contributed by atoms with E-state index in [1.807, 2.05) is 11.4 Å². The number of rotatable bonds is 2. The first-order valence-corrected chi connectivity index (χ1v) is 4.55. The number of aliphatic hydroxyl groups excluding tert-OH is 1. The predicted octanol–water partition coefficient (Wildman–Crippen LogP) is 1.78. The van der Waals surface area contributed by atoms with Crippen LogP contribution in [0.4, 0.5) is 0 Å². The Morgan fingerprint density at radius 2 is 2.36 bits per heavy atom. The first kappa shape index (κ1) is 9.00. The van der Waals surface area contributed by atoms with Gasteiger partial charge in [0.05, 0.1) is 16.5 Å². The molecule has 0 aliphatic rings. The van der Waals surface area contributed by atoms with Crippen molar-refractivity contribution >= 4 is 22.9 Å². The fraction of sp³-hybridized carbons (Fsp3) is 0.429. The number of hydrogen-bond donors (Lipinski definition) is 2. The fourth-order valence-corrected chi connectivity index (χ4v) is 1.82. The van der Waals surface area contributed by atoms with Crippen molar-refractivity contribution in [3.05, 3.63) is 21.3 Å². The summed E-state index contributed by atoms with van der Waals surface area (Å²) in [5.41, 5.74) is 6.48. The van der Waals surface area contributed by atoms with Gasteiger partial charge in [-0.2, -0.15) is 0 Å². The molecule has 0 bridgehead atoms. The molecule has 0 aromatic carbocycles. The van der Waals surface area contributed by atoms with Crippen LogP contribution in [0.5, 0.6) is 0 Å². The Balaban J connectivity index is 2.84. The molecular formula is C7H10ClNOS. The van der Waals surface area contributed by atoms with Crippen molar-refractivity contribution in [2.45, 2.75) is 19.1 Å². The minimum Gasteiger partial charge on any atom is -0.391 e. The lowest BCUT2D eigenvalue weighted by Crippen LogP contribution is -2.22. The summed E-state index contributed by atoms with van der Waals surface area (Å²) in [6, 6.07) is 1.47. The van der Waals surface area contributed by atoms with Crippen LogP contribution in [-0.2, 0) is 0 Å². The van der Waals surface area contributed by atoms with Crippen molar-refractivity contribution in [1.82, 2.24) is 0 Å². The van der Waals surface area contributed by atoms with Crippen LogP contribution < -0.4 is 5.73 Å². The number of hydrogen-bond acceptors (Lipinski definition) is 3. The van der Waals surface area contributed by atoms with Crippen LogP contribution in [0, 0.1) is 0 Å². The largest absolute Gasteiger partial charge is 0.391 e. The molecule has 11 heavy (non-hydrogen) atoms. The molecular weight excluding hydrogens is 182 g/mol. The highest BCUT2D eigenvalue weighted by atomic mass is 35.5. The third-order valence-corrected chi connectivity index (χ3v) is 2.73. The maximum absolute atomic E-state index is 9.14. The summed E-state index contributed by atoms with van der Waals surface area (Å²) >= 11 is 7.23. The molecule has 1 heterocycles. The van der Waals surface area contributed by atoms with E-state index in [9.17, 15) is 0 Å². The molecule has 0 saturated heterocycles. The summed E-state index contributed by atoms with van der Waals surface area (Å²) < 4.78 is 0.665. The van der Waals surface area contributed by atoms with Gasteiger partial charge in [0.2, 0.25) is 0 Å². The van der Waals surface area contributed by atoms with Crippen LogP contribution in [0.3, 0.4) is 0 Å². The van der Waals surface area contributed by atoms with Gasteiger partial charge in [-0.3, -0.25) is 0 Å². The average molecular weight is 192 g/mol. The molecule has 2 atom stereocenters. The molecule has 0 aliphatic carbocycles. The van der Waals surface area contributed by atoms with Crippen molar-refractivity contribution < 1.29 is 5.11 Å². The molecule has 2 unspecified atom stereocenters. The molecule has 0 amide bonds. The third kappa shape index (κ3) is 1.93. The van der Waals surface area contributed by atoms with Gasteiger partial charge in [0.1, 0.15) is 0 Å². The smallest absolute Gasteiger partial charge is 0.0977 e. The summed E-state index contributed by atoms with van der Waals surface area (Å²) in [5, 5.41) is 11.0. The summed E-state index contributed by atoms with van der Waals surface area (Å²) in [7, 11) is 0. The zero-order chi connectivity index (χ0) is 8.43. The number of thiophene rings is 1. The SMILES string of the molecule is CC(O)C(N)c1ccsc1Cl. The van der Waals surface area contributed by atoms with Gasteiger partial charge in [0, 0.05) is 5.56 Å². The lowest BCUT2D eigenvalue weighted by molar-refractivity contribution is 0.164. The molecule has 62 valence electrons. The molecule has 4 heteroatoms. The van der Waals surface area contributed by atoms with E-state index in [1.54, 1.807) is 6.92 Å². The Labute approximate surface area is 74.6 Å². The number of halogens is 1. The lowest BCUT2D eigenvalue weighted by atomic mass is 10.1. The van der Waals surface area contributed by atoms with Gasteiger partial charge in [-0.15, -0.1) is 11.3 Å². The second-order valence-electron chi connectivity index (χ2n) is 2.42. The highest BCUT2D eigenvalue weighted by Crippen LogP contribution is 2.28. The molecule has 1 aromatic heterocycles. The van der Waals surface area contributed by atoms with Gasteiger partial charge in [-0.1, -0.05) is 11.6 Å². The van der Waals surface area contributed by atoms with Gasteiger partial charge in [-0.25, -0.2) is 0 Å². The highest BCUT2D eigenvalue weighted by molar-refractivity contribution is 7.14. The summed E-state index contributed by atoms with van der Waals surface area (Å²) in [6.45, 7) is 1.65. The van der Waals surface area contributed by atoms with Gasteiger partial charge < -0.3 is 10.8 Å². The predicted molar refractivity (Wildman–Crippen MR) is 47.9 cm³/mol. The van der Waals surface area contributed by atoms with Crippen LogP contribution in [0.1, 0.15) is 18.5 Å². The molecule has 2 nitrogen and oxygen atoms in total. The second-order valence-corrected chi connectivity index (χ2v) is 3.93. The topological polar surface area (TPSA) is 46.2 Å². The Morgan fingerprint density at radius 3 is 2.73 bits per heavy atom. The van der Waals surface area contributed by atoms with E-state index in [-0.39, 0.29) is 6.04 Å². The summed E-state index contributed by atoms with van der Waals surface area (Å²) in [6.07, 6.45) is -0.554. The van der Waals surface area contributed by atoms with Crippen molar-refractivity contribution in [1.29, 1.82) is 0 Å². The van der Waals surface area contributed by atoms with Crippen molar-refractivity contribution in [2.24, 2.45) is 5.73 Å². The highest BCUT2D eigenvalue weighted by Gasteiger charge is 2.15. The van der Waals surface area contributed by atoms with E-state index in [1.165, 1.54) is 11.3 Å². The third-order valence-electron chi connectivity index (χ3n) is 1.52. The Morgan fingerprint density at radius 1 is 1.73 bits per heavy atom. The van der Waals surface area contributed by atoms with Crippen molar-refractivity contribution in [3.63, 3.8) is 0 Å². The molecule has 3 N–H and O–H groups in total. The zero-order valence-electron chi connectivity index (χ0n) is 6.12. The van der Waals surface area contributed by atoms with Crippen LogP contribution in [-0.4, -0.2) is 11.2 Å². The van der Waals surface area contributed by atoms with Gasteiger partial charge in [0.25, 0.3) is 0 Å². The molecule has 1 aromatic rings. The van der Waals surface area contributed by atoms with E-state index >= 15 is 0 Å². The molecule has 0 spiro atoms. The van der Waals surface area contributed by atoms with Crippen LogP contribution in [0.25, 0.3) is 0 Å². The monoisotopic (exact) mass is 191 g/mol. The van der Waals surface area contributed by atoms with E-state index in [4.69, 9.17) is 22.4 Å². The fourth-order valence-electron chi connectivity index (χ4n) is 0.803. The van der Waals surface area contributed by atoms with Crippen LogP contribution in [0.15, 0.2) is 11.4 Å². The quantitative estimate of drug-likeness (QED) is 0.749. The summed E-state index contributed by atoms with van der Waals surface area (Å²) in [5.74, 6) is 0. The lowest BCUT2D eigenvalue weighted by Gasteiger charge is -2.13. The maximum Gasteiger partial charge on any atom is 0.0977 e. The average Bonchev–Trinajstić information content (AvgIpc) is 2.33. The molecule has 0 saturated carbocycles. The molecule has 0 fully saturated rings. The molecule has 0 radical (unpaired) electrons. The van der Waals surface area contributed by atoms with Crippen molar-refractivity contribution in [3.8, 4) is 0 Å². The van der Waals surface area contributed by atoms with Gasteiger partial charge in [-0.05, 0) is 18.4 Å². The Hall–Kier alpha value is -0.0900. The summed E-state index contributed by atoms with van der Waals surface area (Å²) in [4.78, 5) is 0. The second kappa shape index (κ2) is 3.54. The Kier molecular flexibility index (Phi) is 2.90. The molecule has 1 rings (SSSR count). The van der Waals surface area contributed by atoms with E-state index < -0.39 is 6.10 Å². The minimum absolute atomic E-state index is 0.367.